The second kappa shape index (κ2) is 10.6. The largest absolute Gasteiger partial charge is 0.387 e. The normalized spacial score (nSPS) is 26.7. The first kappa shape index (κ1) is 23.9. The molecule has 166 valence electrons. The fourth-order valence-electron chi connectivity index (χ4n) is 2.95. The quantitative estimate of drug-likeness (QED) is 0.188. The third-order valence-corrected chi connectivity index (χ3v) is 5.81. The van der Waals surface area contributed by atoms with E-state index in [1.165, 1.54) is 0 Å². The van der Waals surface area contributed by atoms with E-state index in [4.69, 9.17) is 20.7 Å². The molecule has 0 aromatic carbocycles. The molecule has 0 radical (unpaired) electrons. The van der Waals surface area contributed by atoms with Gasteiger partial charge in [-0.15, -0.1) is 0 Å². The molecule has 8 N–H and O–H groups in total. The minimum Gasteiger partial charge on any atom is -0.387 e. The number of hydrogen-bond acceptors (Lipinski definition) is 10. The van der Waals surface area contributed by atoms with E-state index >= 15 is 0 Å². The van der Waals surface area contributed by atoms with Crippen LogP contribution in [0.25, 0.3) is 0 Å². The first-order valence-corrected chi connectivity index (χ1v) is 10.9. The van der Waals surface area contributed by atoms with Crippen LogP contribution >= 0.6 is 7.60 Å². The average Bonchev–Trinajstić information content (AvgIpc) is 2.93. The molecular weight excluding hydrogens is 409 g/mol. The first-order valence-electron chi connectivity index (χ1n) is 9.10. The number of aromatic nitrogens is 2. The zero-order chi connectivity index (χ0) is 21.6. The summed E-state index contributed by atoms with van der Waals surface area (Å²) in [5.41, 5.74) is 9.53. The summed E-state index contributed by atoms with van der Waals surface area (Å²) in [6, 6.07) is 1.06. The van der Waals surface area contributed by atoms with Gasteiger partial charge in [0.15, 0.2) is 6.23 Å². The van der Waals surface area contributed by atoms with Gasteiger partial charge in [0.2, 0.25) is 0 Å². The summed E-state index contributed by atoms with van der Waals surface area (Å²) in [7, 11) is -4.01. The minimum absolute atomic E-state index is 0.179. The van der Waals surface area contributed by atoms with Crippen molar-refractivity contribution in [3.8, 4) is 0 Å². The monoisotopic (exact) mass is 437 g/mol. The highest BCUT2D eigenvalue weighted by Crippen LogP contribution is 2.42. The number of ether oxygens (including phenoxy) is 1. The zero-order valence-electron chi connectivity index (χ0n) is 15.8. The van der Waals surface area contributed by atoms with E-state index in [2.05, 4.69) is 0 Å². The highest BCUT2D eigenvalue weighted by molar-refractivity contribution is 7.52. The Morgan fingerprint density at radius 2 is 1.86 bits per heavy atom. The fraction of sp³-hybridized carbons (Fsp3) is 0.733. The van der Waals surface area contributed by atoms with Gasteiger partial charge in [-0.1, -0.05) is 0 Å². The third-order valence-electron chi connectivity index (χ3n) is 4.49. The summed E-state index contributed by atoms with van der Waals surface area (Å²) in [6.45, 7) is 1.56. The Labute approximate surface area is 166 Å². The third kappa shape index (κ3) is 6.54. The maximum atomic E-state index is 12.3. The fourth-order valence-corrected chi connectivity index (χ4v) is 3.99. The first-order chi connectivity index (χ1) is 13.7. The molecule has 1 aliphatic rings. The lowest BCUT2D eigenvalue weighted by molar-refractivity contribution is -0.0525. The predicted octanol–water partition coefficient (Wildman–Crippen LogP) is -3.42. The Hall–Kier alpha value is -1.41. The molecule has 0 aliphatic carbocycles. The van der Waals surface area contributed by atoms with Crippen molar-refractivity contribution in [3.63, 3.8) is 0 Å². The average molecular weight is 437 g/mol. The molecule has 0 bridgehead atoms. The molecule has 1 fully saturated rings. The SMILES string of the molecule is NCCN(CCN)CCP(=O)(O)OC[C@H]1O[C@@H](n2ccc(=O)[nH]c2=O)[C@@H](O)C1O. The lowest BCUT2D eigenvalue weighted by Gasteiger charge is -2.23. The molecule has 1 aromatic heterocycles. The van der Waals surface area contributed by atoms with Crippen molar-refractivity contribution in [3.05, 3.63) is 33.1 Å². The zero-order valence-corrected chi connectivity index (χ0v) is 16.7. The van der Waals surface area contributed by atoms with Gasteiger partial charge >= 0.3 is 13.3 Å². The van der Waals surface area contributed by atoms with Crippen LogP contribution in [0.15, 0.2) is 21.9 Å². The van der Waals surface area contributed by atoms with Gasteiger partial charge in [-0.25, -0.2) is 4.79 Å². The van der Waals surface area contributed by atoms with Crippen molar-refractivity contribution in [2.24, 2.45) is 11.5 Å². The Morgan fingerprint density at radius 1 is 1.21 bits per heavy atom. The Balaban J connectivity index is 1.95. The second-order valence-electron chi connectivity index (χ2n) is 6.64. The lowest BCUT2D eigenvalue weighted by atomic mass is 10.1. The van der Waals surface area contributed by atoms with E-state index in [1.54, 1.807) is 0 Å². The topological polar surface area (TPSA) is 206 Å². The van der Waals surface area contributed by atoms with Gasteiger partial charge in [-0.3, -0.25) is 18.9 Å². The molecule has 1 saturated heterocycles. The van der Waals surface area contributed by atoms with Gasteiger partial charge in [0.25, 0.3) is 5.56 Å². The summed E-state index contributed by atoms with van der Waals surface area (Å²) in [5, 5.41) is 20.3. The maximum absolute atomic E-state index is 12.3. The molecule has 29 heavy (non-hydrogen) atoms. The van der Waals surface area contributed by atoms with Gasteiger partial charge < -0.3 is 40.7 Å². The van der Waals surface area contributed by atoms with Crippen LogP contribution in [-0.4, -0.2) is 93.4 Å². The van der Waals surface area contributed by atoms with Crippen LogP contribution in [0.3, 0.4) is 0 Å². The maximum Gasteiger partial charge on any atom is 0.330 e. The smallest absolute Gasteiger partial charge is 0.330 e. The highest BCUT2D eigenvalue weighted by Gasteiger charge is 2.45. The molecular formula is C15H28N5O8P. The van der Waals surface area contributed by atoms with E-state index in [0.717, 1.165) is 16.8 Å². The van der Waals surface area contributed by atoms with Gasteiger partial charge in [0.05, 0.1) is 12.8 Å². The van der Waals surface area contributed by atoms with Gasteiger partial charge in [0.1, 0.15) is 18.3 Å². The van der Waals surface area contributed by atoms with Crippen molar-refractivity contribution in [2.75, 3.05) is 45.5 Å². The Bertz CT molecular complexity index is 810. The second-order valence-corrected chi connectivity index (χ2v) is 8.62. The van der Waals surface area contributed by atoms with E-state index in [0.29, 0.717) is 26.2 Å². The number of nitrogens with two attached hydrogens (primary N) is 2. The van der Waals surface area contributed by atoms with E-state index in [-0.39, 0.29) is 12.7 Å². The molecule has 2 heterocycles. The van der Waals surface area contributed by atoms with Gasteiger partial charge in [-0.2, -0.15) is 0 Å². The van der Waals surface area contributed by atoms with Crippen LogP contribution < -0.4 is 22.7 Å². The van der Waals surface area contributed by atoms with Crippen molar-refractivity contribution in [1.29, 1.82) is 0 Å². The molecule has 1 aromatic rings. The van der Waals surface area contributed by atoms with Crippen LogP contribution in [-0.2, 0) is 13.8 Å². The van der Waals surface area contributed by atoms with Crippen LogP contribution in [0, 0.1) is 0 Å². The van der Waals surface area contributed by atoms with Crippen molar-refractivity contribution >= 4 is 7.60 Å². The number of aliphatic hydroxyl groups is 2. The summed E-state index contributed by atoms with van der Waals surface area (Å²) in [5.74, 6) is 0. The summed E-state index contributed by atoms with van der Waals surface area (Å²) in [6.07, 6.45) is -4.48. The van der Waals surface area contributed by atoms with Crippen LogP contribution in [0.2, 0.25) is 0 Å². The number of aliphatic hydroxyl groups excluding tert-OH is 2. The van der Waals surface area contributed by atoms with E-state index < -0.39 is 50.0 Å². The molecule has 14 heteroatoms. The Kier molecular flexibility index (Phi) is 8.70. The molecule has 1 aliphatic heterocycles. The number of nitrogens with zero attached hydrogens (tertiary/aromatic N) is 2. The van der Waals surface area contributed by atoms with Gasteiger partial charge in [-0.05, 0) is 0 Å². The van der Waals surface area contributed by atoms with Crippen LogP contribution in [0.1, 0.15) is 6.23 Å². The van der Waals surface area contributed by atoms with Gasteiger partial charge in [0, 0.05) is 45.0 Å². The van der Waals surface area contributed by atoms with E-state index in [9.17, 15) is 29.3 Å². The molecule has 0 saturated carbocycles. The number of aromatic amines is 1. The minimum atomic E-state index is -4.01. The summed E-state index contributed by atoms with van der Waals surface area (Å²) >= 11 is 0. The predicted molar refractivity (Wildman–Crippen MR) is 102 cm³/mol. The van der Waals surface area contributed by atoms with Crippen molar-refractivity contribution in [2.45, 2.75) is 24.5 Å². The van der Waals surface area contributed by atoms with E-state index in [1.807, 2.05) is 9.88 Å². The van der Waals surface area contributed by atoms with Crippen LogP contribution in [0.5, 0.6) is 0 Å². The standard InChI is InChI=1S/C15H28N5O8P/c16-2-5-19(6-3-17)7-8-29(25,26)27-9-10-12(22)13(23)14(28-10)20-4-1-11(21)18-15(20)24/h1,4,10,12-14,22-23H,2-3,5-9,16-17H2,(H,25,26)(H,18,21,24)/t10-,12?,13+,14-/m1/s1. The number of rotatable bonds is 11. The molecule has 13 nitrogen and oxygen atoms in total. The summed E-state index contributed by atoms with van der Waals surface area (Å²) < 4.78 is 23.7. The Morgan fingerprint density at radius 3 is 2.45 bits per heavy atom. The summed E-state index contributed by atoms with van der Waals surface area (Å²) in [4.78, 5) is 36.9. The lowest BCUT2D eigenvalue weighted by Crippen LogP contribution is -2.37. The molecule has 2 rings (SSSR count). The van der Waals surface area contributed by atoms with Crippen molar-refractivity contribution < 1.29 is 28.9 Å². The number of H-pyrrole nitrogens is 1. The van der Waals surface area contributed by atoms with Crippen molar-refractivity contribution in [1.82, 2.24) is 14.5 Å². The number of nitrogens with one attached hydrogen (secondary N) is 1. The molecule has 0 spiro atoms. The molecule has 5 atom stereocenters. The molecule has 0 amide bonds. The number of hydrogen-bond donors (Lipinski definition) is 6. The molecule has 2 unspecified atom stereocenters. The highest BCUT2D eigenvalue weighted by atomic mass is 31.2. The van der Waals surface area contributed by atoms with Crippen LogP contribution in [0.4, 0.5) is 0 Å².